The van der Waals surface area contributed by atoms with Crippen molar-refractivity contribution in [3.05, 3.63) is 101 Å². The Kier molecular flexibility index (Phi) is 5.24. The summed E-state index contributed by atoms with van der Waals surface area (Å²) in [6, 6.07) is 19.8. The van der Waals surface area contributed by atoms with E-state index < -0.39 is 0 Å². The number of carbonyl (C=O) groups excluding carboxylic acids is 1. The van der Waals surface area contributed by atoms with Crippen molar-refractivity contribution in [3.8, 4) is 0 Å². The van der Waals surface area contributed by atoms with Gasteiger partial charge < -0.3 is 5.32 Å². The molecule has 0 radical (unpaired) electrons. The highest BCUT2D eigenvalue weighted by molar-refractivity contribution is 6.04. The van der Waals surface area contributed by atoms with Crippen LogP contribution < -0.4 is 5.32 Å². The molecule has 0 saturated heterocycles. The van der Waals surface area contributed by atoms with Crippen molar-refractivity contribution in [2.45, 2.75) is 26.9 Å². The zero-order valence-corrected chi connectivity index (χ0v) is 16.5. The van der Waals surface area contributed by atoms with Crippen LogP contribution in [-0.2, 0) is 13.1 Å². The number of carbonyl (C=O) groups is 1. The number of hydrogen-bond acceptors (Lipinski definition) is 3. The normalized spacial score (nSPS) is 10.8. The van der Waals surface area contributed by atoms with Crippen molar-refractivity contribution in [2.75, 3.05) is 5.32 Å². The lowest BCUT2D eigenvalue weighted by Gasteiger charge is -2.07. The molecule has 4 rings (SSSR count). The lowest BCUT2D eigenvalue weighted by atomic mass is 10.1. The first-order valence-electron chi connectivity index (χ1n) is 9.54. The molecule has 2 aromatic heterocycles. The molecule has 0 atom stereocenters. The highest BCUT2D eigenvalue weighted by atomic mass is 16.1. The molecule has 29 heavy (non-hydrogen) atoms. The average Bonchev–Trinajstić information content (AvgIpc) is 3.28. The number of hydrogen-bond donors (Lipinski definition) is 1. The fraction of sp³-hybridized carbons (Fsp3) is 0.174. The Balaban J connectivity index is 1.43. The predicted octanol–water partition coefficient (Wildman–Crippen LogP) is 4.05. The number of nitrogens with one attached hydrogen (secondary N) is 1. The molecule has 6 heteroatoms. The smallest absolute Gasteiger partial charge is 0.255 e. The molecule has 2 aromatic carbocycles. The molecule has 0 saturated carbocycles. The van der Waals surface area contributed by atoms with Gasteiger partial charge in [-0.15, -0.1) is 0 Å². The van der Waals surface area contributed by atoms with E-state index in [1.807, 2.05) is 90.1 Å². The van der Waals surface area contributed by atoms with E-state index in [1.165, 1.54) is 0 Å². The summed E-state index contributed by atoms with van der Waals surface area (Å²) in [4.78, 5) is 12.7. The maximum Gasteiger partial charge on any atom is 0.255 e. The monoisotopic (exact) mass is 385 g/mol. The van der Waals surface area contributed by atoms with Gasteiger partial charge in [-0.05, 0) is 43.2 Å². The summed E-state index contributed by atoms with van der Waals surface area (Å²) in [6.45, 7) is 5.31. The van der Waals surface area contributed by atoms with Gasteiger partial charge in [0.25, 0.3) is 5.91 Å². The van der Waals surface area contributed by atoms with E-state index in [0.29, 0.717) is 24.3 Å². The summed E-state index contributed by atoms with van der Waals surface area (Å²) >= 11 is 0. The SMILES string of the molecule is Cc1cc(C)n(Cc2cccc(C(=O)Nc3cnn(Cc4ccccc4)c3)c2)n1. The number of aryl methyl sites for hydroxylation is 2. The van der Waals surface area contributed by atoms with Crippen LogP contribution in [0.1, 0.15) is 32.9 Å². The average molecular weight is 385 g/mol. The molecule has 0 aliphatic carbocycles. The van der Waals surface area contributed by atoms with Gasteiger partial charge in [0.1, 0.15) is 0 Å². The van der Waals surface area contributed by atoms with Gasteiger partial charge in [-0.3, -0.25) is 14.2 Å². The van der Waals surface area contributed by atoms with Crippen LogP contribution in [-0.4, -0.2) is 25.5 Å². The van der Waals surface area contributed by atoms with Crippen molar-refractivity contribution < 1.29 is 4.79 Å². The quantitative estimate of drug-likeness (QED) is 0.545. The Morgan fingerprint density at radius 1 is 0.966 bits per heavy atom. The Morgan fingerprint density at radius 2 is 1.76 bits per heavy atom. The maximum atomic E-state index is 12.7. The molecule has 1 amide bonds. The molecule has 0 bridgehead atoms. The first-order chi connectivity index (χ1) is 14.1. The molecular weight excluding hydrogens is 362 g/mol. The molecular formula is C23H23N5O. The number of nitrogens with zero attached hydrogens (tertiary/aromatic N) is 4. The van der Waals surface area contributed by atoms with Crippen LogP contribution in [0.4, 0.5) is 5.69 Å². The van der Waals surface area contributed by atoms with E-state index in [2.05, 4.69) is 15.5 Å². The third kappa shape index (κ3) is 4.60. The van der Waals surface area contributed by atoms with Gasteiger partial charge >= 0.3 is 0 Å². The summed E-state index contributed by atoms with van der Waals surface area (Å²) in [6.07, 6.45) is 3.51. The zero-order chi connectivity index (χ0) is 20.2. The molecule has 2 heterocycles. The van der Waals surface area contributed by atoms with Crippen LogP contribution in [0.25, 0.3) is 0 Å². The van der Waals surface area contributed by atoms with Crippen molar-refractivity contribution >= 4 is 11.6 Å². The van der Waals surface area contributed by atoms with Gasteiger partial charge in [0.15, 0.2) is 0 Å². The standard InChI is InChI=1S/C23H23N5O/c1-17-11-18(2)28(26-17)15-20-9-6-10-21(12-20)23(29)25-22-13-24-27(16-22)14-19-7-4-3-5-8-19/h3-13,16H,14-15H2,1-2H3,(H,25,29). The minimum absolute atomic E-state index is 0.153. The third-order valence-electron chi connectivity index (χ3n) is 4.70. The van der Waals surface area contributed by atoms with Crippen LogP contribution in [0.2, 0.25) is 0 Å². The van der Waals surface area contributed by atoms with Gasteiger partial charge in [0.05, 0.1) is 30.7 Å². The number of rotatable bonds is 6. The molecule has 146 valence electrons. The lowest BCUT2D eigenvalue weighted by molar-refractivity contribution is 0.102. The Morgan fingerprint density at radius 3 is 2.52 bits per heavy atom. The fourth-order valence-electron chi connectivity index (χ4n) is 3.31. The van der Waals surface area contributed by atoms with E-state index in [-0.39, 0.29) is 5.91 Å². The van der Waals surface area contributed by atoms with Crippen molar-refractivity contribution in [1.82, 2.24) is 19.6 Å². The maximum absolute atomic E-state index is 12.7. The van der Waals surface area contributed by atoms with E-state index in [0.717, 1.165) is 22.5 Å². The van der Waals surface area contributed by atoms with Gasteiger partial charge in [-0.1, -0.05) is 42.5 Å². The fourth-order valence-corrected chi connectivity index (χ4v) is 3.31. The Hall–Kier alpha value is -3.67. The number of amides is 1. The molecule has 0 unspecified atom stereocenters. The summed E-state index contributed by atoms with van der Waals surface area (Å²) in [7, 11) is 0. The summed E-state index contributed by atoms with van der Waals surface area (Å²) in [5.41, 5.74) is 5.57. The second-order valence-electron chi connectivity index (χ2n) is 7.15. The minimum Gasteiger partial charge on any atom is -0.319 e. The van der Waals surface area contributed by atoms with Crippen molar-refractivity contribution in [1.29, 1.82) is 0 Å². The molecule has 0 aliphatic rings. The molecule has 0 fully saturated rings. The van der Waals surface area contributed by atoms with Gasteiger partial charge in [0.2, 0.25) is 0 Å². The second kappa shape index (κ2) is 8.14. The van der Waals surface area contributed by atoms with Crippen LogP contribution in [0.3, 0.4) is 0 Å². The zero-order valence-electron chi connectivity index (χ0n) is 16.5. The first kappa shape index (κ1) is 18.7. The highest BCUT2D eigenvalue weighted by Crippen LogP contribution is 2.13. The van der Waals surface area contributed by atoms with Crippen LogP contribution >= 0.6 is 0 Å². The highest BCUT2D eigenvalue weighted by Gasteiger charge is 2.10. The van der Waals surface area contributed by atoms with Gasteiger partial charge in [-0.25, -0.2) is 0 Å². The Labute approximate surface area is 169 Å². The van der Waals surface area contributed by atoms with Crippen LogP contribution in [0.15, 0.2) is 73.1 Å². The van der Waals surface area contributed by atoms with Gasteiger partial charge in [0, 0.05) is 17.5 Å². The third-order valence-corrected chi connectivity index (χ3v) is 4.70. The molecule has 4 aromatic rings. The van der Waals surface area contributed by atoms with Crippen molar-refractivity contribution in [2.24, 2.45) is 0 Å². The molecule has 0 spiro atoms. The first-order valence-corrected chi connectivity index (χ1v) is 9.54. The summed E-state index contributed by atoms with van der Waals surface area (Å²) in [5, 5.41) is 11.8. The van der Waals surface area contributed by atoms with Crippen LogP contribution in [0.5, 0.6) is 0 Å². The number of benzene rings is 2. The number of anilines is 1. The lowest BCUT2D eigenvalue weighted by Crippen LogP contribution is -2.12. The van der Waals surface area contributed by atoms with E-state index >= 15 is 0 Å². The van der Waals surface area contributed by atoms with E-state index in [4.69, 9.17) is 0 Å². The molecule has 1 N–H and O–H groups in total. The van der Waals surface area contributed by atoms with E-state index in [1.54, 1.807) is 6.20 Å². The molecule has 6 nitrogen and oxygen atoms in total. The summed E-state index contributed by atoms with van der Waals surface area (Å²) < 4.78 is 3.75. The summed E-state index contributed by atoms with van der Waals surface area (Å²) in [5.74, 6) is -0.153. The Bertz CT molecular complexity index is 1130. The van der Waals surface area contributed by atoms with E-state index in [9.17, 15) is 4.79 Å². The second-order valence-corrected chi connectivity index (χ2v) is 7.15. The topological polar surface area (TPSA) is 64.7 Å². The van der Waals surface area contributed by atoms with Crippen molar-refractivity contribution in [3.63, 3.8) is 0 Å². The number of aromatic nitrogens is 4. The van der Waals surface area contributed by atoms with Gasteiger partial charge in [-0.2, -0.15) is 10.2 Å². The van der Waals surface area contributed by atoms with Crippen LogP contribution in [0, 0.1) is 13.8 Å². The minimum atomic E-state index is -0.153. The molecule has 0 aliphatic heterocycles. The largest absolute Gasteiger partial charge is 0.319 e. The predicted molar refractivity (Wildman–Crippen MR) is 113 cm³/mol.